The molecular weight excluding hydrogens is 509 g/mol. The zero-order valence-electron chi connectivity index (χ0n) is 21.6. The lowest BCUT2D eigenvalue weighted by Gasteiger charge is -2.51. The predicted octanol–water partition coefficient (Wildman–Crippen LogP) is 7.42. The number of nitrogens with zero attached hydrogens (tertiary/aromatic N) is 2. The molecule has 0 amide bonds. The van der Waals surface area contributed by atoms with Gasteiger partial charge in [0.05, 0.1) is 23.5 Å². The van der Waals surface area contributed by atoms with Gasteiger partial charge in [-0.1, -0.05) is 36.3 Å². The number of hydrogen-bond acceptors (Lipinski definition) is 2. The van der Waals surface area contributed by atoms with Gasteiger partial charge in [-0.25, -0.2) is 13.5 Å². The maximum atomic E-state index is 14.2. The highest BCUT2D eigenvalue weighted by molar-refractivity contribution is 5.63. The minimum Gasteiger partial charge on any atom is -0.312 e. The maximum absolute atomic E-state index is 14.2. The highest BCUT2D eigenvalue weighted by Gasteiger charge is 2.54. The molecule has 1 saturated carbocycles. The zero-order chi connectivity index (χ0) is 27.4. The van der Waals surface area contributed by atoms with Crippen LogP contribution in [0, 0.1) is 34.8 Å². The topological polar surface area (TPSA) is 29.9 Å². The largest absolute Gasteiger partial charge is 0.392 e. The number of fused-ring (bicyclic) bond motifs is 4. The van der Waals surface area contributed by atoms with Gasteiger partial charge in [0.25, 0.3) is 0 Å². The van der Waals surface area contributed by atoms with Gasteiger partial charge in [-0.15, -0.1) is 0 Å². The Hall–Kier alpha value is -3.26. The molecule has 0 aliphatic heterocycles. The van der Waals surface area contributed by atoms with Crippen molar-refractivity contribution in [1.29, 1.82) is 0 Å². The quantitative estimate of drug-likeness (QED) is 0.270. The van der Waals surface area contributed by atoms with Crippen molar-refractivity contribution in [2.75, 3.05) is 6.54 Å². The molecule has 0 unspecified atom stereocenters. The number of halogens is 5. The summed E-state index contributed by atoms with van der Waals surface area (Å²) in [5.41, 5.74) is 5.39. The van der Waals surface area contributed by atoms with Crippen LogP contribution in [-0.2, 0) is 13.0 Å². The summed E-state index contributed by atoms with van der Waals surface area (Å²) >= 11 is 0. The standard InChI is InChI=1S/C31H30F5N3/c1-30-15-20-17-38-39(24-8-6-22(32)7-9-24)29(20)14-21(30)5-10-25-26(28(31(34,35)36)12-11-27(25)30)18-37-16-19-3-2-4-23(33)13-19/h2-4,6-9,11,13-14,17,25-26,28,37H,5,10,12,15-16,18H2,1H3/t25-,26-,28-,30+/m1/s1. The van der Waals surface area contributed by atoms with E-state index < -0.39 is 18.0 Å². The number of benzene rings is 2. The molecular formula is C31H30F5N3. The summed E-state index contributed by atoms with van der Waals surface area (Å²) in [4.78, 5) is 0. The van der Waals surface area contributed by atoms with E-state index in [1.165, 1.54) is 29.8 Å². The van der Waals surface area contributed by atoms with Gasteiger partial charge in [-0.2, -0.15) is 18.3 Å². The minimum absolute atomic E-state index is 0.0355. The molecule has 1 aromatic heterocycles. The summed E-state index contributed by atoms with van der Waals surface area (Å²) in [6.45, 7) is 2.69. The third-order valence-electron chi connectivity index (χ3n) is 8.93. The van der Waals surface area contributed by atoms with Crippen LogP contribution in [0.25, 0.3) is 11.8 Å². The normalized spacial score (nSPS) is 26.3. The molecule has 3 aliphatic rings. The molecule has 4 atom stereocenters. The van der Waals surface area contributed by atoms with Crippen LogP contribution in [0.15, 0.2) is 72.0 Å². The van der Waals surface area contributed by atoms with Crippen molar-refractivity contribution < 1.29 is 22.0 Å². The lowest BCUT2D eigenvalue weighted by Crippen LogP contribution is -2.48. The Labute approximate surface area is 224 Å². The maximum Gasteiger partial charge on any atom is 0.392 e. The van der Waals surface area contributed by atoms with Crippen LogP contribution in [0.3, 0.4) is 0 Å². The van der Waals surface area contributed by atoms with E-state index in [-0.39, 0.29) is 35.9 Å². The van der Waals surface area contributed by atoms with Gasteiger partial charge in [-0.05, 0) is 97.7 Å². The molecule has 3 aliphatic carbocycles. The minimum atomic E-state index is -4.29. The third-order valence-corrected chi connectivity index (χ3v) is 8.93. The summed E-state index contributed by atoms with van der Waals surface area (Å²) in [6, 6.07) is 12.3. The average molecular weight is 540 g/mol. The van der Waals surface area contributed by atoms with E-state index in [0.29, 0.717) is 31.4 Å². The van der Waals surface area contributed by atoms with Crippen molar-refractivity contribution in [3.05, 3.63) is 100 Å². The Morgan fingerprint density at radius 2 is 1.87 bits per heavy atom. The van der Waals surface area contributed by atoms with Gasteiger partial charge >= 0.3 is 6.18 Å². The first-order valence-electron chi connectivity index (χ1n) is 13.4. The van der Waals surface area contributed by atoms with E-state index in [9.17, 15) is 22.0 Å². The number of alkyl halides is 3. The molecule has 1 heterocycles. The van der Waals surface area contributed by atoms with Crippen LogP contribution in [-0.4, -0.2) is 22.5 Å². The Balaban J connectivity index is 1.28. The SMILES string of the molecule is C[C@]12Cc3cnn(-c4ccc(F)cc4)c3C=C1CC[C@H]1C2=CC[C@@H](C(F)(F)F)[C@@H]1CNCc1cccc(F)c1. The van der Waals surface area contributed by atoms with Gasteiger partial charge in [0.15, 0.2) is 0 Å². The van der Waals surface area contributed by atoms with Crippen LogP contribution in [0.2, 0.25) is 0 Å². The fraction of sp³-hybridized carbons (Fsp3) is 0.387. The van der Waals surface area contributed by atoms with Crippen molar-refractivity contribution in [2.45, 2.75) is 45.3 Å². The Morgan fingerprint density at radius 3 is 2.62 bits per heavy atom. The second-order valence-corrected chi connectivity index (χ2v) is 11.2. The molecule has 204 valence electrons. The number of allylic oxidation sites excluding steroid dienone is 3. The van der Waals surface area contributed by atoms with Crippen LogP contribution in [0.5, 0.6) is 0 Å². The molecule has 3 aromatic rings. The Morgan fingerprint density at radius 1 is 1.08 bits per heavy atom. The first-order chi connectivity index (χ1) is 18.6. The fourth-order valence-electron chi connectivity index (χ4n) is 7.02. The second kappa shape index (κ2) is 9.73. The van der Waals surface area contributed by atoms with Crippen molar-refractivity contribution in [1.82, 2.24) is 15.1 Å². The van der Waals surface area contributed by atoms with Crippen LogP contribution in [0.1, 0.15) is 43.0 Å². The molecule has 1 N–H and O–H groups in total. The molecule has 2 aromatic carbocycles. The Kier molecular flexibility index (Phi) is 6.49. The number of nitrogens with one attached hydrogen (secondary N) is 1. The van der Waals surface area contributed by atoms with E-state index in [0.717, 1.165) is 22.5 Å². The lowest BCUT2D eigenvalue weighted by molar-refractivity contribution is -0.194. The van der Waals surface area contributed by atoms with Crippen molar-refractivity contribution >= 4 is 6.08 Å². The number of hydrogen-bond donors (Lipinski definition) is 1. The molecule has 1 fully saturated rings. The van der Waals surface area contributed by atoms with Gasteiger partial charge in [0.2, 0.25) is 0 Å². The first-order valence-corrected chi connectivity index (χ1v) is 13.4. The molecule has 0 saturated heterocycles. The second-order valence-electron chi connectivity index (χ2n) is 11.2. The predicted molar refractivity (Wildman–Crippen MR) is 140 cm³/mol. The summed E-state index contributed by atoms with van der Waals surface area (Å²) in [5.74, 6) is -2.88. The van der Waals surface area contributed by atoms with E-state index in [1.807, 2.05) is 17.0 Å². The van der Waals surface area contributed by atoms with Crippen LogP contribution < -0.4 is 5.32 Å². The van der Waals surface area contributed by atoms with Crippen molar-refractivity contribution in [3.63, 3.8) is 0 Å². The van der Waals surface area contributed by atoms with Crippen molar-refractivity contribution in [3.8, 4) is 5.69 Å². The van der Waals surface area contributed by atoms with Gasteiger partial charge in [0, 0.05) is 12.0 Å². The van der Waals surface area contributed by atoms with Gasteiger partial charge in [-0.3, -0.25) is 0 Å². The van der Waals surface area contributed by atoms with E-state index >= 15 is 0 Å². The van der Waals surface area contributed by atoms with E-state index in [2.05, 4.69) is 23.4 Å². The molecule has 8 heteroatoms. The average Bonchev–Trinajstić information content (AvgIpc) is 3.29. The molecule has 39 heavy (non-hydrogen) atoms. The Bertz CT molecular complexity index is 1440. The van der Waals surface area contributed by atoms with E-state index in [4.69, 9.17) is 0 Å². The fourth-order valence-corrected chi connectivity index (χ4v) is 7.02. The van der Waals surface area contributed by atoms with Gasteiger partial charge < -0.3 is 5.32 Å². The first kappa shape index (κ1) is 26.0. The number of aromatic nitrogens is 2. The lowest BCUT2D eigenvalue weighted by atomic mass is 9.54. The third kappa shape index (κ3) is 4.73. The highest BCUT2D eigenvalue weighted by Crippen LogP contribution is 2.58. The summed E-state index contributed by atoms with van der Waals surface area (Å²) in [6.07, 6.45) is 3.50. The van der Waals surface area contributed by atoms with E-state index in [1.54, 1.807) is 24.3 Å². The molecule has 0 radical (unpaired) electrons. The molecule has 6 rings (SSSR count). The van der Waals surface area contributed by atoms with Crippen molar-refractivity contribution in [2.24, 2.45) is 23.2 Å². The summed E-state index contributed by atoms with van der Waals surface area (Å²) in [7, 11) is 0. The van der Waals surface area contributed by atoms with Crippen LogP contribution in [0.4, 0.5) is 22.0 Å². The summed E-state index contributed by atoms with van der Waals surface area (Å²) in [5, 5.41) is 7.78. The monoisotopic (exact) mass is 539 g/mol. The number of rotatable bonds is 5. The molecule has 0 bridgehead atoms. The molecule has 0 spiro atoms. The highest BCUT2D eigenvalue weighted by atomic mass is 19.4. The smallest absolute Gasteiger partial charge is 0.312 e. The zero-order valence-corrected chi connectivity index (χ0v) is 21.6. The van der Waals surface area contributed by atoms with Gasteiger partial charge in [0.1, 0.15) is 11.6 Å². The van der Waals surface area contributed by atoms with Crippen LogP contribution >= 0.6 is 0 Å². The molecule has 3 nitrogen and oxygen atoms in total. The summed E-state index contributed by atoms with van der Waals surface area (Å²) < 4.78 is 71.5.